The molecular formula is C14H19NO. The second kappa shape index (κ2) is 4.71. The highest BCUT2D eigenvalue weighted by Gasteiger charge is 2.29. The van der Waals surface area contributed by atoms with E-state index < -0.39 is 0 Å². The quantitative estimate of drug-likeness (QED) is 0.766. The Labute approximate surface area is 97.2 Å². The van der Waals surface area contributed by atoms with Crippen molar-refractivity contribution in [3.05, 3.63) is 42.0 Å². The standard InChI is InChI=1S/C14H19NO/c1-3-8-15(13-5-6-13)14-7-4-11(2)9-12(14)10-16/h3-4,7,9,13,16H,1,5-6,8,10H2,2H3. The van der Waals surface area contributed by atoms with E-state index in [4.69, 9.17) is 0 Å². The number of aryl methyl sites for hydroxylation is 1. The fourth-order valence-electron chi connectivity index (χ4n) is 2.09. The summed E-state index contributed by atoms with van der Waals surface area (Å²) >= 11 is 0. The average Bonchev–Trinajstić information content (AvgIpc) is 3.10. The van der Waals surface area contributed by atoms with Crippen LogP contribution in [0.3, 0.4) is 0 Å². The lowest BCUT2D eigenvalue weighted by Gasteiger charge is -2.25. The lowest BCUT2D eigenvalue weighted by atomic mass is 10.1. The second-order valence-electron chi connectivity index (χ2n) is 4.46. The first-order chi connectivity index (χ1) is 7.76. The number of benzene rings is 1. The molecule has 86 valence electrons. The zero-order valence-electron chi connectivity index (χ0n) is 9.82. The molecule has 1 aliphatic rings. The Balaban J connectivity index is 2.31. The summed E-state index contributed by atoms with van der Waals surface area (Å²) in [4.78, 5) is 2.35. The van der Waals surface area contributed by atoms with E-state index in [0.717, 1.165) is 17.8 Å². The molecule has 1 aliphatic carbocycles. The molecule has 0 atom stereocenters. The smallest absolute Gasteiger partial charge is 0.0702 e. The summed E-state index contributed by atoms with van der Waals surface area (Å²) in [6.45, 7) is 6.83. The molecule has 0 saturated heterocycles. The Morgan fingerprint density at radius 2 is 2.25 bits per heavy atom. The Morgan fingerprint density at radius 1 is 1.50 bits per heavy atom. The van der Waals surface area contributed by atoms with Gasteiger partial charge >= 0.3 is 0 Å². The molecule has 2 heteroatoms. The lowest BCUT2D eigenvalue weighted by molar-refractivity contribution is 0.282. The van der Waals surface area contributed by atoms with Gasteiger partial charge in [0.2, 0.25) is 0 Å². The summed E-state index contributed by atoms with van der Waals surface area (Å²) in [6.07, 6.45) is 4.44. The lowest BCUT2D eigenvalue weighted by Crippen LogP contribution is -2.26. The van der Waals surface area contributed by atoms with Gasteiger partial charge in [-0.2, -0.15) is 0 Å². The minimum atomic E-state index is 0.109. The Kier molecular flexibility index (Phi) is 3.30. The SMILES string of the molecule is C=CCN(c1ccc(C)cc1CO)C1CC1. The van der Waals surface area contributed by atoms with E-state index in [1.165, 1.54) is 18.4 Å². The summed E-state index contributed by atoms with van der Waals surface area (Å²) in [5.41, 5.74) is 3.38. The minimum Gasteiger partial charge on any atom is -0.392 e. The van der Waals surface area contributed by atoms with Crippen molar-refractivity contribution in [2.45, 2.75) is 32.4 Å². The monoisotopic (exact) mass is 217 g/mol. The van der Waals surface area contributed by atoms with Crippen molar-refractivity contribution in [2.24, 2.45) is 0 Å². The Morgan fingerprint density at radius 3 is 2.81 bits per heavy atom. The topological polar surface area (TPSA) is 23.5 Å². The summed E-state index contributed by atoms with van der Waals surface area (Å²) in [5, 5.41) is 9.41. The number of aliphatic hydroxyl groups is 1. The Hall–Kier alpha value is -1.28. The van der Waals surface area contributed by atoms with E-state index in [-0.39, 0.29) is 6.61 Å². The van der Waals surface area contributed by atoms with E-state index in [1.807, 2.05) is 6.08 Å². The number of aliphatic hydroxyl groups excluding tert-OH is 1. The molecule has 0 unspecified atom stereocenters. The summed E-state index contributed by atoms with van der Waals surface area (Å²) in [7, 11) is 0. The molecule has 16 heavy (non-hydrogen) atoms. The molecule has 0 aromatic heterocycles. The van der Waals surface area contributed by atoms with Crippen LogP contribution in [0, 0.1) is 6.92 Å². The second-order valence-corrected chi connectivity index (χ2v) is 4.46. The first-order valence-electron chi connectivity index (χ1n) is 5.84. The third kappa shape index (κ3) is 2.27. The number of anilines is 1. The first-order valence-corrected chi connectivity index (χ1v) is 5.84. The van der Waals surface area contributed by atoms with Crippen LogP contribution in [0.25, 0.3) is 0 Å². The van der Waals surface area contributed by atoms with Crippen LogP contribution in [-0.4, -0.2) is 17.7 Å². The van der Waals surface area contributed by atoms with Crippen LogP contribution in [0.4, 0.5) is 5.69 Å². The van der Waals surface area contributed by atoms with E-state index in [1.54, 1.807) is 0 Å². The molecule has 0 spiro atoms. The predicted octanol–water partition coefficient (Wildman–Crippen LogP) is 2.64. The molecule has 0 amide bonds. The van der Waals surface area contributed by atoms with Gasteiger partial charge in [-0.05, 0) is 25.8 Å². The minimum absolute atomic E-state index is 0.109. The zero-order chi connectivity index (χ0) is 11.5. The fourth-order valence-corrected chi connectivity index (χ4v) is 2.09. The van der Waals surface area contributed by atoms with Crippen LogP contribution in [0.1, 0.15) is 24.0 Å². The van der Waals surface area contributed by atoms with Gasteiger partial charge in [0.1, 0.15) is 0 Å². The normalized spacial score (nSPS) is 14.9. The number of nitrogens with zero attached hydrogens (tertiary/aromatic N) is 1. The van der Waals surface area contributed by atoms with Gasteiger partial charge in [-0.15, -0.1) is 6.58 Å². The largest absolute Gasteiger partial charge is 0.392 e. The molecule has 0 aliphatic heterocycles. The van der Waals surface area contributed by atoms with Crippen LogP contribution in [0.5, 0.6) is 0 Å². The van der Waals surface area contributed by atoms with E-state index in [0.29, 0.717) is 6.04 Å². The van der Waals surface area contributed by atoms with Crippen LogP contribution < -0.4 is 4.90 Å². The van der Waals surface area contributed by atoms with Gasteiger partial charge in [-0.1, -0.05) is 23.8 Å². The fraction of sp³-hybridized carbons (Fsp3) is 0.429. The van der Waals surface area contributed by atoms with Crippen LogP contribution in [0.15, 0.2) is 30.9 Å². The van der Waals surface area contributed by atoms with Crippen LogP contribution in [-0.2, 0) is 6.61 Å². The molecular weight excluding hydrogens is 198 g/mol. The summed E-state index contributed by atoms with van der Waals surface area (Å²) in [5.74, 6) is 0. The zero-order valence-corrected chi connectivity index (χ0v) is 9.82. The van der Waals surface area contributed by atoms with Crippen molar-refractivity contribution in [1.29, 1.82) is 0 Å². The Bertz CT molecular complexity index is 382. The van der Waals surface area contributed by atoms with Gasteiger partial charge < -0.3 is 10.0 Å². The molecule has 0 radical (unpaired) electrons. The number of rotatable bonds is 5. The highest BCUT2D eigenvalue weighted by atomic mass is 16.3. The number of hydrogen-bond donors (Lipinski definition) is 1. The van der Waals surface area contributed by atoms with Gasteiger partial charge in [-0.3, -0.25) is 0 Å². The van der Waals surface area contributed by atoms with Gasteiger partial charge in [0.25, 0.3) is 0 Å². The molecule has 0 bridgehead atoms. The highest BCUT2D eigenvalue weighted by molar-refractivity contribution is 5.56. The maximum atomic E-state index is 9.41. The van der Waals surface area contributed by atoms with Crippen molar-refractivity contribution in [1.82, 2.24) is 0 Å². The first kappa shape index (κ1) is 11.2. The van der Waals surface area contributed by atoms with Crippen LogP contribution in [0.2, 0.25) is 0 Å². The van der Waals surface area contributed by atoms with Crippen molar-refractivity contribution in [3.63, 3.8) is 0 Å². The van der Waals surface area contributed by atoms with Gasteiger partial charge in [-0.25, -0.2) is 0 Å². The van der Waals surface area contributed by atoms with Gasteiger partial charge in [0, 0.05) is 23.8 Å². The van der Waals surface area contributed by atoms with E-state index in [9.17, 15) is 5.11 Å². The third-order valence-corrected chi connectivity index (χ3v) is 3.03. The molecule has 0 heterocycles. The third-order valence-electron chi connectivity index (χ3n) is 3.03. The molecule has 1 aromatic carbocycles. The van der Waals surface area contributed by atoms with Crippen molar-refractivity contribution >= 4 is 5.69 Å². The van der Waals surface area contributed by atoms with E-state index in [2.05, 4.69) is 36.6 Å². The molecule has 2 nitrogen and oxygen atoms in total. The molecule has 1 saturated carbocycles. The van der Waals surface area contributed by atoms with E-state index >= 15 is 0 Å². The van der Waals surface area contributed by atoms with Crippen molar-refractivity contribution < 1.29 is 5.11 Å². The average molecular weight is 217 g/mol. The van der Waals surface area contributed by atoms with Crippen molar-refractivity contribution in [3.8, 4) is 0 Å². The van der Waals surface area contributed by atoms with Gasteiger partial charge in [0.05, 0.1) is 6.61 Å². The van der Waals surface area contributed by atoms with Crippen molar-refractivity contribution in [2.75, 3.05) is 11.4 Å². The predicted molar refractivity (Wildman–Crippen MR) is 67.7 cm³/mol. The summed E-state index contributed by atoms with van der Waals surface area (Å²) in [6, 6.07) is 6.93. The summed E-state index contributed by atoms with van der Waals surface area (Å²) < 4.78 is 0. The maximum Gasteiger partial charge on any atom is 0.0702 e. The molecule has 2 rings (SSSR count). The maximum absolute atomic E-state index is 9.41. The number of hydrogen-bond acceptors (Lipinski definition) is 2. The van der Waals surface area contributed by atoms with Gasteiger partial charge in [0.15, 0.2) is 0 Å². The molecule has 1 N–H and O–H groups in total. The highest BCUT2D eigenvalue weighted by Crippen LogP contribution is 2.33. The molecule has 1 fully saturated rings. The van der Waals surface area contributed by atoms with Crippen LogP contribution >= 0.6 is 0 Å². The molecule has 1 aromatic rings.